The molecule has 1 amide bonds. The predicted molar refractivity (Wildman–Crippen MR) is 101 cm³/mol. The molecule has 1 aliphatic rings. The Bertz CT molecular complexity index is 902. The molecule has 0 spiro atoms. The summed E-state index contributed by atoms with van der Waals surface area (Å²) in [6.07, 6.45) is -1.34. The van der Waals surface area contributed by atoms with Gasteiger partial charge in [0.05, 0.1) is 16.2 Å². The Labute approximate surface area is 163 Å². The molecule has 8 nitrogen and oxygen atoms in total. The van der Waals surface area contributed by atoms with Crippen LogP contribution in [0.1, 0.15) is 12.0 Å². The lowest BCUT2D eigenvalue weighted by molar-refractivity contribution is -0.135. The summed E-state index contributed by atoms with van der Waals surface area (Å²) in [5, 5.41) is 20.5. The highest BCUT2D eigenvalue weighted by molar-refractivity contribution is 7.92. The quantitative estimate of drug-likeness (QED) is 0.410. The molecule has 1 unspecified atom stereocenters. The number of hydrogen-bond donors (Lipinski definition) is 4. The van der Waals surface area contributed by atoms with Gasteiger partial charge in [-0.15, -0.1) is 0 Å². The second-order valence-electron chi connectivity index (χ2n) is 6.58. The van der Waals surface area contributed by atoms with Crippen LogP contribution >= 0.6 is 0 Å². The standard InChI is InChI=1S/C19H22N2O6S/c22-17-10-16(11-20-18(17)19(23)21-24)28(25,26)15-8-6-14(7-9-15)27-12-13-4-2-1-3-5-13/h1-9,16-18,20,22,24H,10-12H2,(H,21,23)/t16?,17-,18+/m0/s1. The average molecular weight is 406 g/mol. The largest absolute Gasteiger partial charge is 0.489 e. The van der Waals surface area contributed by atoms with Crippen molar-refractivity contribution in [3.63, 3.8) is 0 Å². The number of aliphatic hydroxyl groups excluding tert-OH is 1. The summed E-state index contributed by atoms with van der Waals surface area (Å²) in [5.41, 5.74) is 2.46. The molecule has 3 rings (SSSR count). The zero-order chi connectivity index (χ0) is 20.1. The van der Waals surface area contributed by atoms with Crippen LogP contribution < -0.4 is 15.5 Å². The number of hydroxylamine groups is 1. The van der Waals surface area contributed by atoms with E-state index in [0.717, 1.165) is 5.56 Å². The molecule has 1 heterocycles. The fourth-order valence-electron chi connectivity index (χ4n) is 3.12. The van der Waals surface area contributed by atoms with Gasteiger partial charge in [0, 0.05) is 6.54 Å². The summed E-state index contributed by atoms with van der Waals surface area (Å²) >= 11 is 0. The summed E-state index contributed by atoms with van der Waals surface area (Å²) in [6, 6.07) is 14.7. The van der Waals surface area contributed by atoms with Crippen LogP contribution in [0.2, 0.25) is 0 Å². The van der Waals surface area contributed by atoms with Crippen molar-refractivity contribution in [2.45, 2.75) is 35.3 Å². The summed E-state index contributed by atoms with van der Waals surface area (Å²) in [4.78, 5) is 11.6. The van der Waals surface area contributed by atoms with E-state index in [1.807, 2.05) is 30.3 Å². The first kappa shape index (κ1) is 20.3. The number of sulfone groups is 1. The molecule has 2 aromatic rings. The van der Waals surface area contributed by atoms with Gasteiger partial charge in [-0.2, -0.15) is 0 Å². The molecule has 1 saturated heterocycles. The van der Waals surface area contributed by atoms with Crippen LogP contribution in [0, 0.1) is 0 Å². The summed E-state index contributed by atoms with van der Waals surface area (Å²) in [6.45, 7) is 0.365. The van der Waals surface area contributed by atoms with Crippen LogP contribution in [0.3, 0.4) is 0 Å². The summed E-state index contributed by atoms with van der Waals surface area (Å²) in [7, 11) is -3.71. The molecular weight excluding hydrogens is 384 g/mol. The molecule has 3 atom stereocenters. The maximum Gasteiger partial charge on any atom is 0.263 e. The lowest BCUT2D eigenvalue weighted by Gasteiger charge is -2.32. The first-order valence-corrected chi connectivity index (χ1v) is 10.3. The van der Waals surface area contributed by atoms with Crippen LogP contribution in [0.5, 0.6) is 5.75 Å². The second-order valence-corrected chi connectivity index (χ2v) is 8.81. The normalized spacial score (nSPS) is 22.4. The molecule has 1 aliphatic heterocycles. The van der Waals surface area contributed by atoms with Crippen molar-refractivity contribution < 1.29 is 28.3 Å². The molecular formula is C19H22N2O6S. The van der Waals surface area contributed by atoms with Gasteiger partial charge in [0.25, 0.3) is 5.91 Å². The zero-order valence-electron chi connectivity index (χ0n) is 15.0. The third-order valence-electron chi connectivity index (χ3n) is 4.69. The number of rotatable bonds is 6. The number of piperidine rings is 1. The van der Waals surface area contributed by atoms with Crippen molar-refractivity contribution in [2.75, 3.05) is 6.54 Å². The number of carbonyl (C=O) groups is 1. The molecule has 0 aromatic heterocycles. The average Bonchev–Trinajstić information content (AvgIpc) is 2.72. The van der Waals surface area contributed by atoms with Crippen molar-refractivity contribution in [3.05, 3.63) is 60.2 Å². The Balaban J connectivity index is 1.65. The van der Waals surface area contributed by atoms with E-state index >= 15 is 0 Å². The van der Waals surface area contributed by atoms with E-state index in [4.69, 9.17) is 9.94 Å². The van der Waals surface area contributed by atoms with E-state index in [-0.39, 0.29) is 17.9 Å². The van der Waals surface area contributed by atoms with Crippen molar-refractivity contribution in [1.82, 2.24) is 10.8 Å². The van der Waals surface area contributed by atoms with E-state index in [0.29, 0.717) is 12.4 Å². The molecule has 4 N–H and O–H groups in total. The highest BCUT2D eigenvalue weighted by Crippen LogP contribution is 2.25. The molecule has 0 saturated carbocycles. The Hall–Kier alpha value is -2.46. The molecule has 9 heteroatoms. The molecule has 0 aliphatic carbocycles. The number of aliphatic hydroxyl groups is 1. The minimum absolute atomic E-state index is 0.0102. The minimum atomic E-state index is -3.71. The van der Waals surface area contributed by atoms with E-state index in [1.165, 1.54) is 17.6 Å². The van der Waals surface area contributed by atoms with Gasteiger partial charge in [0.1, 0.15) is 18.4 Å². The predicted octanol–water partition coefficient (Wildman–Crippen LogP) is 0.636. The van der Waals surface area contributed by atoms with Gasteiger partial charge in [-0.05, 0) is 36.2 Å². The molecule has 150 valence electrons. The minimum Gasteiger partial charge on any atom is -0.489 e. The van der Waals surface area contributed by atoms with Gasteiger partial charge >= 0.3 is 0 Å². The number of carbonyl (C=O) groups excluding carboxylic acids is 1. The summed E-state index contributed by atoms with van der Waals surface area (Å²) in [5.74, 6) is -0.257. The summed E-state index contributed by atoms with van der Waals surface area (Å²) < 4.78 is 31.3. The van der Waals surface area contributed by atoms with Gasteiger partial charge in [-0.3, -0.25) is 10.0 Å². The topological polar surface area (TPSA) is 125 Å². The van der Waals surface area contributed by atoms with Crippen LogP contribution in [0.15, 0.2) is 59.5 Å². The third kappa shape index (κ3) is 4.50. The van der Waals surface area contributed by atoms with Gasteiger partial charge < -0.3 is 15.2 Å². The maximum absolute atomic E-state index is 12.8. The highest BCUT2D eigenvalue weighted by Gasteiger charge is 2.39. The van der Waals surface area contributed by atoms with E-state index in [2.05, 4.69) is 5.32 Å². The number of hydrogen-bond acceptors (Lipinski definition) is 7. The van der Waals surface area contributed by atoms with E-state index in [9.17, 15) is 18.3 Å². The zero-order valence-corrected chi connectivity index (χ0v) is 15.8. The van der Waals surface area contributed by atoms with E-state index in [1.54, 1.807) is 12.1 Å². The van der Waals surface area contributed by atoms with Gasteiger partial charge in [-0.1, -0.05) is 30.3 Å². The third-order valence-corrected chi connectivity index (χ3v) is 6.85. The van der Waals surface area contributed by atoms with Gasteiger partial charge in [0.15, 0.2) is 9.84 Å². The first-order valence-electron chi connectivity index (χ1n) is 8.78. The smallest absolute Gasteiger partial charge is 0.263 e. The van der Waals surface area contributed by atoms with Crippen LogP contribution in [-0.4, -0.2) is 48.6 Å². The fourth-order valence-corrected chi connectivity index (χ4v) is 4.78. The Morgan fingerprint density at radius 3 is 2.43 bits per heavy atom. The molecule has 1 fully saturated rings. The van der Waals surface area contributed by atoms with Crippen molar-refractivity contribution in [2.24, 2.45) is 0 Å². The van der Waals surface area contributed by atoms with Crippen LogP contribution in [-0.2, 0) is 21.2 Å². The van der Waals surface area contributed by atoms with Gasteiger partial charge in [0.2, 0.25) is 0 Å². The Morgan fingerprint density at radius 1 is 1.14 bits per heavy atom. The second kappa shape index (κ2) is 8.70. The maximum atomic E-state index is 12.8. The van der Waals surface area contributed by atoms with Crippen molar-refractivity contribution in [1.29, 1.82) is 0 Å². The van der Waals surface area contributed by atoms with Crippen molar-refractivity contribution >= 4 is 15.7 Å². The lowest BCUT2D eigenvalue weighted by atomic mass is 10.0. The van der Waals surface area contributed by atoms with E-state index < -0.39 is 33.1 Å². The SMILES string of the molecule is O=C(NO)[C@@H]1NCC(S(=O)(=O)c2ccc(OCc3ccccc3)cc2)C[C@@H]1O. The fraction of sp³-hybridized carbons (Fsp3) is 0.316. The Morgan fingerprint density at radius 2 is 1.82 bits per heavy atom. The van der Waals surface area contributed by atoms with Gasteiger partial charge in [-0.25, -0.2) is 13.9 Å². The van der Waals surface area contributed by atoms with Crippen LogP contribution in [0.25, 0.3) is 0 Å². The Kier molecular flexibility index (Phi) is 6.30. The number of nitrogens with one attached hydrogen (secondary N) is 2. The first-order chi connectivity index (χ1) is 13.4. The number of amides is 1. The highest BCUT2D eigenvalue weighted by atomic mass is 32.2. The van der Waals surface area contributed by atoms with Crippen LogP contribution in [0.4, 0.5) is 0 Å². The lowest BCUT2D eigenvalue weighted by Crippen LogP contribution is -2.58. The molecule has 28 heavy (non-hydrogen) atoms. The molecule has 0 bridgehead atoms. The van der Waals surface area contributed by atoms with Crippen molar-refractivity contribution in [3.8, 4) is 5.75 Å². The number of ether oxygens (including phenoxy) is 1. The molecule has 0 radical (unpaired) electrons. The number of benzene rings is 2. The molecule has 2 aromatic carbocycles. The monoisotopic (exact) mass is 406 g/mol.